The first-order valence-corrected chi connectivity index (χ1v) is 3.45. The zero-order valence-corrected chi connectivity index (χ0v) is 5.90. The summed E-state index contributed by atoms with van der Waals surface area (Å²) < 4.78 is 0. The third-order valence-electron chi connectivity index (χ3n) is 1.60. The molecule has 11 heavy (non-hydrogen) atoms. The molecule has 0 spiro atoms. The van der Waals surface area contributed by atoms with E-state index in [1.54, 1.807) is 12.4 Å². The molecule has 3 nitrogen and oxygen atoms in total. The predicted octanol–water partition coefficient (Wildman–Crippen LogP) is 1.41. The summed E-state index contributed by atoms with van der Waals surface area (Å²) in [6, 6.07) is 3.85. The van der Waals surface area contributed by atoms with Gasteiger partial charge in [-0.25, -0.2) is 0 Å². The second kappa shape index (κ2) is 2.70. The van der Waals surface area contributed by atoms with Gasteiger partial charge in [-0.05, 0) is 17.7 Å². The summed E-state index contributed by atoms with van der Waals surface area (Å²) in [7, 11) is 0. The number of hydrogen-bond acceptors (Lipinski definition) is 3. The predicted molar refractivity (Wildman–Crippen MR) is 40.1 cm³/mol. The minimum absolute atomic E-state index is 0.0537. The van der Waals surface area contributed by atoms with Gasteiger partial charge in [0.1, 0.15) is 6.21 Å². The van der Waals surface area contributed by atoms with Gasteiger partial charge in [-0.2, -0.15) is 0 Å². The maximum absolute atomic E-state index is 5.03. The molecule has 2 rings (SSSR count). The second-order valence-corrected chi connectivity index (χ2v) is 2.33. The second-order valence-electron chi connectivity index (χ2n) is 2.33. The molecule has 0 fully saturated rings. The van der Waals surface area contributed by atoms with Crippen LogP contribution >= 0.6 is 0 Å². The molecule has 3 heteroatoms. The monoisotopic (exact) mass is 147 g/mol. The Bertz CT molecular complexity index is 250. The van der Waals surface area contributed by atoms with Crippen molar-refractivity contribution in [1.82, 2.24) is 4.98 Å². The average molecular weight is 147 g/mol. The van der Waals surface area contributed by atoms with Crippen LogP contribution < -0.4 is 0 Å². The largest absolute Gasteiger partial charge is 0.387 e. The van der Waals surface area contributed by atoms with Gasteiger partial charge in [0.15, 0.2) is 6.10 Å². The van der Waals surface area contributed by atoms with E-state index in [1.165, 1.54) is 0 Å². The zero-order valence-electron chi connectivity index (χ0n) is 5.90. The van der Waals surface area contributed by atoms with Gasteiger partial charge >= 0.3 is 0 Å². The van der Waals surface area contributed by atoms with Crippen molar-refractivity contribution in [3.8, 4) is 0 Å². The van der Waals surface area contributed by atoms with Crippen LogP contribution in [0.2, 0.25) is 0 Å². The van der Waals surface area contributed by atoms with Crippen LogP contribution in [-0.4, -0.2) is 11.2 Å². The van der Waals surface area contributed by atoms with Crippen LogP contribution in [0.15, 0.2) is 29.7 Å². The Balaban J connectivity index is 2.17. The molecule has 0 saturated heterocycles. The standard InChI is InChI=1S/C8H7N2O/c1-4-9-5-2-7(1)8-3-6-10-11-8/h1-2,4-5,8H,3H2. The summed E-state index contributed by atoms with van der Waals surface area (Å²) in [6.07, 6.45) is 7.04. The molecule has 0 bridgehead atoms. The van der Waals surface area contributed by atoms with E-state index in [1.807, 2.05) is 12.1 Å². The summed E-state index contributed by atoms with van der Waals surface area (Å²) in [5.41, 5.74) is 1.11. The van der Waals surface area contributed by atoms with Crippen LogP contribution in [0, 0.1) is 0 Å². The van der Waals surface area contributed by atoms with E-state index in [9.17, 15) is 0 Å². The third kappa shape index (κ3) is 1.22. The molecule has 2 heterocycles. The highest BCUT2D eigenvalue weighted by Crippen LogP contribution is 2.22. The summed E-state index contributed by atoms with van der Waals surface area (Å²) in [4.78, 5) is 8.94. The van der Waals surface area contributed by atoms with Gasteiger partial charge in [-0.15, -0.1) is 0 Å². The molecule has 1 aromatic heterocycles. The van der Waals surface area contributed by atoms with Crippen LogP contribution in [0.4, 0.5) is 0 Å². The minimum Gasteiger partial charge on any atom is -0.387 e. The van der Waals surface area contributed by atoms with E-state index in [-0.39, 0.29) is 6.10 Å². The van der Waals surface area contributed by atoms with Gasteiger partial charge in [0.2, 0.25) is 0 Å². The lowest BCUT2D eigenvalue weighted by atomic mass is 10.1. The van der Waals surface area contributed by atoms with E-state index < -0.39 is 0 Å². The minimum atomic E-state index is 0.0537. The van der Waals surface area contributed by atoms with Crippen molar-refractivity contribution in [3.05, 3.63) is 30.1 Å². The van der Waals surface area contributed by atoms with Crippen molar-refractivity contribution in [2.24, 2.45) is 5.16 Å². The number of hydrogen-bond donors (Lipinski definition) is 0. The molecule has 1 aliphatic heterocycles. The molecule has 1 aromatic rings. The summed E-state index contributed by atoms with van der Waals surface area (Å²) in [6.45, 7) is 0. The molecule has 1 aliphatic rings. The van der Waals surface area contributed by atoms with E-state index in [0.29, 0.717) is 0 Å². The van der Waals surface area contributed by atoms with E-state index >= 15 is 0 Å². The lowest BCUT2D eigenvalue weighted by molar-refractivity contribution is 0.0857. The average Bonchev–Trinajstić information content (AvgIpc) is 2.58. The van der Waals surface area contributed by atoms with Crippen molar-refractivity contribution in [3.63, 3.8) is 0 Å². The van der Waals surface area contributed by atoms with E-state index in [4.69, 9.17) is 4.84 Å². The molecule has 55 valence electrons. The lowest BCUT2D eigenvalue weighted by Gasteiger charge is -2.05. The molecular formula is C8H7N2O. The Morgan fingerprint density at radius 1 is 1.45 bits per heavy atom. The third-order valence-corrected chi connectivity index (χ3v) is 1.60. The lowest BCUT2D eigenvalue weighted by Crippen LogP contribution is -1.94. The smallest absolute Gasteiger partial charge is 0.158 e. The number of nitrogens with zero attached hydrogens (tertiary/aromatic N) is 2. The van der Waals surface area contributed by atoms with Crippen LogP contribution in [-0.2, 0) is 4.84 Å². The fraction of sp³-hybridized carbons (Fsp3) is 0.250. The SMILES string of the molecule is [C]1=NOC(c2ccncc2)C1. The molecular weight excluding hydrogens is 140 g/mol. The van der Waals surface area contributed by atoms with Crippen molar-refractivity contribution in [2.45, 2.75) is 12.5 Å². The molecule has 0 saturated carbocycles. The Morgan fingerprint density at radius 2 is 2.27 bits per heavy atom. The van der Waals surface area contributed by atoms with Gasteiger partial charge < -0.3 is 4.84 Å². The number of aromatic nitrogens is 1. The Hall–Kier alpha value is -1.38. The maximum atomic E-state index is 5.03. The molecule has 0 aliphatic carbocycles. The van der Waals surface area contributed by atoms with E-state index in [0.717, 1.165) is 12.0 Å². The van der Waals surface area contributed by atoms with Crippen LogP contribution in [0.25, 0.3) is 0 Å². The first-order valence-electron chi connectivity index (χ1n) is 3.45. The highest BCUT2D eigenvalue weighted by molar-refractivity contribution is 5.59. The quantitative estimate of drug-likeness (QED) is 0.601. The molecule has 1 unspecified atom stereocenters. The van der Waals surface area contributed by atoms with Crippen molar-refractivity contribution in [1.29, 1.82) is 0 Å². The molecule has 1 atom stereocenters. The van der Waals surface area contributed by atoms with Gasteiger partial charge in [-0.1, -0.05) is 5.16 Å². The highest BCUT2D eigenvalue weighted by Gasteiger charge is 2.15. The van der Waals surface area contributed by atoms with Crippen LogP contribution in [0.3, 0.4) is 0 Å². The van der Waals surface area contributed by atoms with Gasteiger partial charge in [0, 0.05) is 18.8 Å². The normalized spacial score (nSPS) is 21.6. The Morgan fingerprint density at radius 3 is 2.91 bits per heavy atom. The zero-order chi connectivity index (χ0) is 7.52. The van der Waals surface area contributed by atoms with Gasteiger partial charge in [-0.3, -0.25) is 4.98 Å². The highest BCUT2D eigenvalue weighted by atomic mass is 16.6. The first kappa shape index (κ1) is 6.34. The Kier molecular flexibility index (Phi) is 1.55. The van der Waals surface area contributed by atoms with Crippen molar-refractivity contribution < 1.29 is 4.84 Å². The molecule has 0 amide bonds. The topological polar surface area (TPSA) is 34.5 Å². The van der Waals surface area contributed by atoms with Crippen LogP contribution in [0.5, 0.6) is 0 Å². The molecule has 1 radical (unpaired) electrons. The fourth-order valence-corrected chi connectivity index (χ4v) is 1.02. The van der Waals surface area contributed by atoms with Gasteiger partial charge in [0.25, 0.3) is 0 Å². The number of pyridine rings is 1. The number of rotatable bonds is 1. The van der Waals surface area contributed by atoms with Crippen molar-refractivity contribution in [2.75, 3.05) is 0 Å². The summed E-state index contributed by atoms with van der Waals surface area (Å²) in [5.74, 6) is 0. The van der Waals surface area contributed by atoms with Gasteiger partial charge in [0.05, 0.1) is 0 Å². The Labute approximate surface area is 64.7 Å². The van der Waals surface area contributed by atoms with E-state index in [2.05, 4.69) is 16.4 Å². The maximum Gasteiger partial charge on any atom is 0.158 e. The van der Waals surface area contributed by atoms with Crippen molar-refractivity contribution >= 4 is 6.21 Å². The summed E-state index contributed by atoms with van der Waals surface area (Å²) >= 11 is 0. The fourth-order valence-electron chi connectivity index (χ4n) is 1.02. The molecule has 0 aromatic carbocycles. The van der Waals surface area contributed by atoms with Crippen LogP contribution in [0.1, 0.15) is 18.1 Å². The summed E-state index contributed by atoms with van der Waals surface area (Å²) in [5, 5.41) is 3.57. The first-order chi connectivity index (χ1) is 5.47. The molecule has 0 N–H and O–H groups in total.